The van der Waals surface area contributed by atoms with Crippen LogP contribution in [-0.4, -0.2) is 27.2 Å². The molecule has 0 N–H and O–H groups in total. The van der Waals surface area contributed by atoms with Crippen LogP contribution in [0.2, 0.25) is 0 Å². The summed E-state index contributed by atoms with van der Waals surface area (Å²) in [6.07, 6.45) is 5.80. The Balaban J connectivity index is 2.21. The van der Waals surface area contributed by atoms with Gasteiger partial charge < -0.3 is 9.30 Å². The SMILES string of the molecule is COC(=O)Cn1cc(C)c2c(=O)n3c(nc21)CCCCC3. The Morgan fingerprint density at radius 2 is 2.19 bits per heavy atom. The average Bonchev–Trinajstić information content (AvgIpc) is 2.65. The van der Waals surface area contributed by atoms with Gasteiger partial charge >= 0.3 is 5.97 Å². The maximum Gasteiger partial charge on any atom is 0.325 e. The normalized spacial score (nSPS) is 14.8. The Bertz CT molecular complexity index is 758. The van der Waals surface area contributed by atoms with E-state index in [1.54, 1.807) is 15.3 Å². The van der Waals surface area contributed by atoms with Crippen molar-refractivity contribution in [1.29, 1.82) is 0 Å². The lowest BCUT2D eigenvalue weighted by Gasteiger charge is -2.10. The molecule has 2 aromatic rings. The van der Waals surface area contributed by atoms with E-state index < -0.39 is 0 Å². The number of rotatable bonds is 2. The average molecular weight is 289 g/mol. The van der Waals surface area contributed by atoms with Gasteiger partial charge in [0.15, 0.2) is 0 Å². The van der Waals surface area contributed by atoms with Crippen LogP contribution in [0.4, 0.5) is 0 Å². The zero-order valence-corrected chi connectivity index (χ0v) is 12.4. The highest BCUT2D eigenvalue weighted by Gasteiger charge is 2.19. The van der Waals surface area contributed by atoms with Gasteiger partial charge in [0.25, 0.3) is 5.56 Å². The fourth-order valence-corrected chi connectivity index (χ4v) is 2.97. The number of nitrogens with zero attached hydrogens (tertiary/aromatic N) is 3. The minimum atomic E-state index is -0.344. The van der Waals surface area contributed by atoms with E-state index in [4.69, 9.17) is 4.74 Å². The maximum absolute atomic E-state index is 12.7. The maximum atomic E-state index is 12.7. The lowest BCUT2D eigenvalue weighted by Crippen LogP contribution is -2.25. The van der Waals surface area contributed by atoms with Crippen molar-refractivity contribution in [3.63, 3.8) is 0 Å². The predicted molar refractivity (Wildman–Crippen MR) is 78.3 cm³/mol. The second kappa shape index (κ2) is 5.35. The number of carbonyl (C=O) groups is 1. The molecule has 0 amide bonds. The first-order valence-corrected chi connectivity index (χ1v) is 7.28. The van der Waals surface area contributed by atoms with Gasteiger partial charge in [-0.1, -0.05) is 6.42 Å². The third-order valence-electron chi connectivity index (χ3n) is 4.05. The lowest BCUT2D eigenvalue weighted by molar-refractivity contribution is -0.141. The first-order chi connectivity index (χ1) is 10.1. The molecule has 2 aromatic heterocycles. The Morgan fingerprint density at radius 3 is 2.95 bits per heavy atom. The number of methoxy groups -OCH3 is 1. The number of esters is 1. The number of hydrogen-bond donors (Lipinski definition) is 0. The highest BCUT2D eigenvalue weighted by Crippen LogP contribution is 2.19. The minimum Gasteiger partial charge on any atom is -0.468 e. The predicted octanol–water partition coefficient (Wildman–Crippen LogP) is 1.41. The summed E-state index contributed by atoms with van der Waals surface area (Å²) in [6, 6.07) is 0. The minimum absolute atomic E-state index is 0.0121. The fraction of sp³-hybridized carbons (Fsp3) is 0.533. The molecular weight excluding hydrogens is 270 g/mol. The third-order valence-corrected chi connectivity index (χ3v) is 4.05. The van der Waals surface area contributed by atoms with E-state index in [2.05, 4.69) is 4.98 Å². The van der Waals surface area contributed by atoms with Crippen molar-refractivity contribution in [1.82, 2.24) is 14.1 Å². The molecule has 0 radical (unpaired) electrons. The summed E-state index contributed by atoms with van der Waals surface area (Å²) >= 11 is 0. The lowest BCUT2D eigenvalue weighted by atomic mass is 10.2. The van der Waals surface area contributed by atoms with E-state index in [0.29, 0.717) is 11.0 Å². The van der Waals surface area contributed by atoms with Gasteiger partial charge in [-0.25, -0.2) is 4.98 Å². The third kappa shape index (κ3) is 2.34. The standard InChI is InChI=1S/C15H19N3O3/c1-10-8-17(9-12(19)21-2)14-13(10)15(20)18-7-5-3-4-6-11(18)16-14/h8H,3-7,9H2,1-2H3. The topological polar surface area (TPSA) is 66.1 Å². The summed E-state index contributed by atoms with van der Waals surface area (Å²) in [5.41, 5.74) is 1.46. The second-order valence-electron chi connectivity index (χ2n) is 5.51. The smallest absolute Gasteiger partial charge is 0.325 e. The highest BCUT2D eigenvalue weighted by atomic mass is 16.5. The van der Waals surface area contributed by atoms with Gasteiger partial charge in [0.2, 0.25) is 0 Å². The molecule has 0 saturated carbocycles. The summed E-state index contributed by atoms with van der Waals surface area (Å²) < 4.78 is 8.21. The summed E-state index contributed by atoms with van der Waals surface area (Å²) in [6.45, 7) is 2.69. The molecule has 0 spiro atoms. The van der Waals surface area contributed by atoms with Gasteiger partial charge in [-0.15, -0.1) is 0 Å². The van der Waals surface area contributed by atoms with Gasteiger partial charge in [0, 0.05) is 19.2 Å². The first kappa shape index (κ1) is 13.9. The van der Waals surface area contributed by atoms with Crippen molar-refractivity contribution in [2.45, 2.75) is 45.7 Å². The highest BCUT2D eigenvalue weighted by molar-refractivity contribution is 5.81. The molecule has 0 unspecified atom stereocenters. The summed E-state index contributed by atoms with van der Waals surface area (Å²) in [5.74, 6) is 0.484. The van der Waals surface area contributed by atoms with E-state index in [0.717, 1.165) is 43.6 Å². The van der Waals surface area contributed by atoms with E-state index in [1.807, 2.05) is 6.92 Å². The van der Waals surface area contributed by atoms with Crippen LogP contribution in [0.25, 0.3) is 11.0 Å². The van der Waals surface area contributed by atoms with Crippen LogP contribution in [-0.2, 0) is 29.0 Å². The molecule has 0 fully saturated rings. The Morgan fingerprint density at radius 1 is 1.38 bits per heavy atom. The number of hydrogen-bond acceptors (Lipinski definition) is 4. The summed E-state index contributed by atoms with van der Waals surface area (Å²) in [4.78, 5) is 28.9. The van der Waals surface area contributed by atoms with Gasteiger partial charge in [-0.2, -0.15) is 0 Å². The van der Waals surface area contributed by atoms with Crippen LogP contribution in [0.5, 0.6) is 0 Å². The van der Waals surface area contributed by atoms with E-state index in [9.17, 15) is 9.59 Å². The van der Waals surface area contributed by atoms with Gasteiger partial charge in [-0.05, 0) is 25.3 Å². The molecule has 1 aliphatic heterocycles. The largest absolute Gasteiger partial charge is 0.468 e. The van der Waals surface area contributed by atoms with Crippen LogP contribution < -0.4 is 5.56 Å². The van der Waals surface area contributed by atoms with Crippen molar-refractivity contribution < 1.29 is 9.53 Å². The monoisotopic (exact) mass is 289 g/mol. The van der Waals surface area contributed by atoms with Gasteiger partial charge in [-0.3, -0.25) is 14.2 Å². The fourth-order valence-electron chi connectivity index (χ4n) is 2.97. The number of carbonyl (C=O) groups excluding carboxylic acids is 1. The van der Waals surface area contributed by atoms with Crippen molar-refractivity contribution >= 4 is 17.0 Å². The molecule has 0 bridgehead atoms. The zero-order valence-electron chi connectivity index (χ0n) is 12.4. The Kier molecular flexibility index (Phi) is 3.53. The molecule has 21 heavy (non-hydrogen) atoms. The molecule has 112 valence electrons. The van der Waals surface area contributed by atoms with Crippen molar-refractivity contribution in [3.8, 4) is 0 Å². The molecule has 3 rings (SSSR count). The Labute approximate surface area is 122 Å². The van der Waals surface area contributed by atoms with Crippen molar-refractivity contribution in [3.05, 3.63) is 27.9 Å². The summed E-state index contributed by atoms with van der Waals surface area (Å²) in [7, 11) is 1.36. The zero-order chi connectivity index (χ0) is 15.0. The van der Waals surface area contributed by atoms with Crippen LogP contribution in [0.3, 0.4) is 0 Å². The molecule has 0 atom stereocenters. The number of ether oxygens (including phenoxy) is 1. The van der Waals surface area contributed by atoms with Crippen molar-refractivity contribution in [2.24, 2.45) is 0 Å². The van der Waals surface area contributed by atoms with Gasteiger partial charge in [0.1, 0.15) is 18.0 Å². The molecule has 6 nitrogen and oxygen atoms in total. The van der Waals surface area contributed by atoms with Crippen molar-refractivity contribution in [2.75, 3.05) is 7.11 Å². The molecular formula is C15H19N3O3. The Hall–Kier alpha value is -2.11. The molecule has 1 aliphatic rings. The van der Waals surface area contributed by atoms with E-state index in [-0.39, 0.29) is 18.1 Å². The second-order valence-corrected chi connectivity index (χ2v) is 5.51. The number of aromatic nitrogens is 3. The van der Waals surface area contributed by atoms with Crippen LogP contribution in [0, 0.1) is 6.92 Å². The van der Waals surface area contributed by atoms with Crippen LogP contribution >= 0.6 is 0 Å². The van der Waals surface area contributed by atoms with E-state index >= 15 is 0 Å². The van der Waals surface area contributed by atoms with Gasteiger partial charge in [0.05, 0.1) is 12.5 Å². The molecule has 0 aromatic carbocycles. The molecule has 0 aliphatic carbocycles. The number of aryl methyl sites for hydroxylation is 2. The molecule has 3 heterocycles. The number of fused-ring (bicyclic) bond motifs is 2. The molecule has 0 saturated heterocycles. The molecule has 6 heteroatoms. The van der Waals surface area contributed by atoms with Crippen LogP contribution in [0.1, 0.15) is 30.7 Å². The van der Waals surface area contributed by atoms with Crippen LogP contribution in [0.15, 0.2) is 11.0 Å². The summed E-state index contributed by atoms with van der Waals surface area (Å²) in [5, 5.41) is 0.615. The quantitative estimate of drug-likeness (QED) is 0.784. The van der Waals surface area contributed by atoms with E-state index in [1.165, 1.54) is 7.11 Å². The first-order valence-electron chi connectivity index (χ1n) is 7.28.